The van der Waals surface area contributed by atoms with Crippen molar-refractivity contribution in [3.8, 4) is 5.75 Å². The maximum atomic E-state index is 12.0. The van der Waals surface area contributed by atoms with Gasteiger partial charge in [-0.3, -0.25) is 14.9 Å². The van der Waals surface area contributed by atoms with Gasteiger partial charge in [-0.15, -0.1) is 0 Å². The van der Waals surface area contributed by atoms with Gasteiger partial charge in [0, 0.05) is 26.2 Å². The number of benzene rings is 1. The van der Waals surface area contributed by atoms with Gasteiger partial charge in [0.15, 0.2) is 5.54 Å². The topological polar surface area (TPSA) is 163 Å². The van der Waals surface area contributed by atoms with Crippen LogP contribution < -0.4 is 26.4 Å². The fraction of sp³-hybridized carbons (Fsp3) is 0.471. The van der Waals surface area contributed by atoms with Crippen LogP contribution in [-0.2, 0) is 19.9 Å². The van der Waals surface area contributed by atoms with Crippen molar-refractivity contribution in [3.05, 3.63) is 29.8 Å². The lowest BCUT2D eigenvalue weighted by atomic mass is 9.86. The summed E-state index contributed by atoms with van der Waals surface area (Å²) in [7, 11) is 1.50. The molecule has 0 heterocycles. The highest BCUT2D eigenvalue weighted by Crippen LogP contribution is 2.27. The van der Waals surface area contributed by atoms with Crippen molar-refractivity contribution < 1.29 is 29.3 Å². The summed E-state index contributed by atoms with van der Waals surface area (Å²) >= 11 is 0. The third kappa shape index (κ3) is 7.21. The number of carbonyl (C=O) groups is 3. The van der Waals surface area contributed by atoms with Gasteiger partial charge in [-0.05, 0) is 17.7 Å². The van der Waals surface area contributed by atoms with Gasteiger partial charge in [0.1, 0.15) is 5.75 Å². The summed E-state index contributed by atoms with van der Waals surface area (Å²) in [5, 5.41) is 27.0. The Morgan fingerprint density at radius 2 is 1.63 bits per heavy atom. The van der Waals surface area contributed by atoms with Crippen molar-refractivity contribution in [1.82, 2.24) is 16.0 Å². The lowest BCUT2D eigenvalue weighted by Gasteiger charge is -2.30. The molecule has 1 rings (SSSR count). The molecule has 1 atom stereocenters. The number of ether oxygens (including phenoxy) is 1. The Labute approximate surface area is 157 Å². The second-order valence-electron chi connectivity index (χ2n) is 5.83. The van der Waals surface area contributed by atoms with E-state index in [0.29, 0.717) is 30.9 Å². The third-order valence-corrected chi connectivity index (χ3v) is 3.87. The molecule has 0 spiro atoms. The average Bonchev–Trinajstić information content (AvgIpc) is 2.62. The fourth-order valence-electron chi connectivity index (χ4n) is 2.54. The number of carbonyl (C=O) groups excluding carboxylic acids is 1. The van der Waals surface area contributed by atoms with Gasteiger partial charge in [-0.1, -0.05) is 12.1 Å². The zero-order chi connectivity index (χ0) is 20.3. The highest BCUT2D eigenvalue weighted by atomic mass is 16.5. The van der Waals surface area contributed by atoms with Crippen molar-refractivity contribution in [3.63, 3.8) is 0 Å². The molecule has 0 bridgehead atoms. The van der Waals surface area contributed by atoms with Crippen molar-refractivity contribution in [1.29, 1.82) is 0 Å². The maximum absolute atomic E-state index is 12.0. The van der Waals surface area contributed by atoms with E-state index in [1.807, 2.05) is 0 Å². The first-order valence-corrected chi connectivity index (χ1v) is 8.36. The smallest absolute Gasteiger partial charge is 0.329 e. The number of amides is 1. The molecule has 0 radical (unpaired) electrons. The summed E-state index contributed by atoms with van der Waals surface area (Å²) in [6, 6.07) is 6.38. The molecular weight excluding hydrogens is 356 g/mol. The molecule has 10 heteroatoms. The average molecular weight is 382 g/mol. The number of primary amides is 1. The normalized spacial score (nSPS) is 12.9. The quantitative estimate of drug-likeness (QED) is 0.215. The molecule has 1 aromatic rings. The molecule has 0 aliphatic carbocycles. The van der Waals surface area contributed by atoms with Crippen molar-refractivity contribution in [2.45, 2.75) is 12.0 Å². The summed E-state index contributed by atoms with van der Waals surface area (Å²) in [6.07, 6.45) is -0.408. The first kappa shape index (κ1) is 22.4. The van der Waals surface area contributed by atoms with E-state index in [2.05, 4.69) is 16.0 Å². The van der Waals surface area contributed by atoms with Crippen LogP contribution in [0, 0.1) is 0 Å². The van der Waals surface area contributed by atoms with Crippen molar-refractivity contribution in [2.24, 2.45) is 5.73 Å². The number of carboxylic acid groups (broad SMARTS) is 2. The van der Waals surface area contributed by atoms with Gasteiger partial charge in [0.25, 0.3) is 0 Å². The number of methoxy groups -OCH3 is 1. The Hall–Kier alpha value is -2.69. The van der Waals surface area contributed by atoms with Crippen molar-refractivity contribution >= 4 is 17.8 Å². The minimum Gasteiger partial charge on any atom is -0.497 e. The van der Waals surface area contributed by atoms with E-state index in [1.54, 1.807) is 24.3 Å². The SMILES string of the molecule is COc1ccc(C(CC(N)=O)(NCCNCCNCC(=O)O)C(=O)O)cc1. The van der Waals surface area contributed by atoms with Crippen LogP contribution in [0.5, 0.6) is 5.75 Å². The molecule has 10 nitrogen and oxygen atoms in total. The summed E-state index contributed by atoms with van der Waals surface area (Å²) in [6.45, 7) is 1.50. The van der Waals surface area contributed by atoms with Gasteiger partial charge >= 0.3 is 11.9 Å². The number of hydrogen-bond donors (Lipinski definition) is 6. The molecule has 7 N–H and O–H groups in total. The summed E-state index contributed by atoms with van der Waals surface area (Å²) in [5.41, 5.74) is 4.02. The number of hydrogen-bond acceptors (Lipinski definition) is 7. The van der Waals surface area contributed by atoms with E-state index in [-0.39, 0.29) is 13.1 Å². The van der Waals surface area contributed by atoms with Crippen LogP contribution in [0.3, 0.4) is 0 Å². The van der Waals surface area contributed by atoms with E-state index in [4.69, 9.17) is 15.6 Å². The lowest BCUT2D eigenvalue weighted by molar-refractivity contribution is -0.147. The number of aliphatic carboxylic acids is 2. The zero-order valence-corrected chi connectivity index (χ0v) is 15.2. The molecule has 1 amide bonds. The second kappa shape index (κ2) is 11.1. The van der Waals surface area contributed by atoms with Crippen LogP contribution in [-0.4, -0.2) is 67.9 Å². The van der Waals surface area contributed by atoms with E-state index < -0.39 is 29.8 Å². The molecule has 0 aliphatic heterocycles. The molecule has 0 saturated carbocycles. The third-order valence-electron chi connectivity index (χ3n) is 3.87. The minimum absolute atomic E-state index is 0.127. The fourth-order valence-corrected chi connectivity index (χ4v) is 2.54. The van der Waals surface area contributed by atoms with Crippen LogP contribution in [0.25, 0.3) is 0 Å². The van der Waals surface area contributed by atoms with Gasteiger partial charge in [0.2, 0.25) is 5.91 Å². The maximum Gasteiger partial charge on any atom is 0.329 e. The predicted octanol–water partition coefficient (Wildman–Crippen LogP) is -1.30. The molecule has 150 valence electrons. The van der Waals surface area contributed by atoms with Crippen LogP contribution in [0.1, 0.15) is 12.0 Å². The van der Waals surface area contributed by atoms with Gasteiger partial charge in [0.05, 0.1) is 20.1 Å². The summed E-state index contributed by atoms with van der Waals surface area (Å²) < 4.78 is 5.07. The molecule has 0 fully saturated rings. The Balaban J connectivity index is 2.70. The first-order chi connectivity index (χ1) is 12.8. The highest BCUT2D eigenvalue weighted by Gasteiger charge is 2.41. The minimum atomic E-state index is -1.65. The standard InChI is InChI=1S/C17H26N4O6/c1-27-13-4-2-12(3-5-13)17(16(25)26,10-14(18)22)21-9-8-19-6-7-20-11-15(23)24/h2-5,19-21H,6-11H2,1H3,(H2,18,22)(H,23,24)(H,25,26). The Morgan fingerprint density at radius 3 is 2.15 bits per heavy atom. The molecular formula is C17H26N4O6. The summed E-state index contributed by atoms with van der Waals surface area (Å²) in [5.74, 6) is -2.33. The van der Waals surface area contributed by atoms with E-state index in [0.717, 1.165) is 0 Å². The first-order valence-electron chi connectivity index (χ1n) is 8.36. The van der Waals surface area contributed by atoms with E-state index in [1.165, 1.54) is 7.11 Å². The molecule has 0 aliphatic rings. The molecule has 27 heavy (non-hydrogen) atoms. The Kier molecular flexibility index (Phi) is 9.20. The number of rotatable bonds is 14. The van der Waals surface area contributed by atoms with Crippen LogP contribution in [0.2, 0.25) is 0 Å². The molecule has 0 saturated heterocycles. The van der Waals surface area contributed by atoms with Crippen molar-refractivity contribution in [2.75, 3.05) is 39.8 Å². The lowest BCUT2D eigenvalue weighted by Crippen LogP contribution is -2.53. The van der Waals surface area contributed by atoms with E-state index in [9.17, 15) is 19.5 Å². The second-order valence-corrected chi connectivity index (χ2v) is 5.83. The zero-order valence-electron chi connectivity index (χ0n) is 15.2. The Morgan fingerprint density at radius 1 is 1.04 bits per heavy atom. The van der Waals surface area contributed by atoms with E-state index >= 15 is 0 Å². The molecule has 1 aromatic carbocycles. The molecule has 1 unspecified atom stereocenters. The highest BCUT2D eigenvalue weighted by molar-refractivity contribution is 5.88. The monoisotopic (exact) mass is 382 g/mol. The van der Waals surface area contributed by atoms with Gasteiger partial charge in [-0.25, -0.2) is 4.79 Å². The van der Waals surface area contributed by atoms with Gasteiger partial charge in [-0.2, -0.15) is 0 Å². The van der Waals surface area contributed by atoms with Crippen LogP contribution in [0.4, 0.5) is 0 Å². The van der Waals surface area contributed by atoms with Crippen LogP contribution in [0.15, 0.2) is 24.3 Å². The summed E-state index contributed by atoms with van der Waals surface area (Å²) in [4.78, 5) is 33.9. The van der Waals surface area contributed by atoms with Gasteiger partial charge < -0.3 is 31.3 Å². The largest absolute Gasteiger partial charge is 0.497 e. The predicted molar refractivity (Wildman–Crippen MR) is 97.5 cm³/mol. The number of carboxylic acids is 2. The number of nitrogens with one attached hydrogen (secondary N) is 3. The molecule has 0 aromatic heterocycles. The Bertz CT molecular complexity index is 637. The number of nitrogens with two attached hydrogens (primary N) is 1. The van der Waals surface area contributed by atoms with Crippen LogP contribution >= 0.6 is 0 Å².